The van der Waals surface area contributed by atoms with Crippen molar-refractivity contribution in [2.75, 3.05) is 20.2 Å². The molecule has 1 heterocycles. The number of hydrogen-bond acceptors (Lipinski definition) is 3. The molecule has 0 bridgehead atoms. The third-order valence-corrected chi connectivity index (χ3v) is 4.04. The van der Waals surface area contributed by atoms with E-state index in [0.29, 0.717) is 0 Å². The first-order valence-corrected chi connectivity index (χ1v) is 6.85. The van der Waals surface area contributed by atoms with Gasteiger partial charge in [-0.1, -0.05) is 6.07 Å². The molecule has 0 aliphatic carbocycles. The number of nitriles is 1. The van der Waals surface area contributed by atoms with Gasteiger partial charge < -0.3 is 4.74 Å². The summed E-state index contributed by atoms with van der Waals surface area (Å²) in [5, 5.41) is 9.38. The van der Waals surface area contributed by atoms with E-state index in [4.69, 9.17) is 4.74 Å². The second-order valence-electron chi connectivity index (χ2n) is 6.31. The van der Waals surface area contributed by atoms with Gasteiger partial charge in [0.15, 0.2) is 11.6 Å². The van der Waals surface area contributed by atoms with E-state index in [1.807, 2.05) is 0 Å². The minimum atomic E-state index is -0.365. The molecule has 1 aliphatic rings. The van der Waals surface area contributed by atoms with E-state index in [2.05, 4.69) is 31.7 Å². The van der Waals surface area contributed by atoms with Crippen LogP contribution in [-0.4, -0.2) is 30.6 Å². The van der Waals surface area contributed by atoms with Gasteiger partial charge in [0.2, 0.25) is 0 Å². The predicted molar refractivity (Wildman–Crippen MR) is 76.1 cm³/mol. The molecule has 0 N–H and O–H groups in total. The lowest BCUT2D eigenvalue weighted by molar-refractivity contribution is 0.170. The number of methoxy groups -OCH3 is 1. The molecule has 0 radical (unpaired) electrons. The van der Waals surface area contributed by atoms with E-state index in [1.165, 1.54) is 13.2 Å². The first kappa shape index (κ1) is 14.8. The van der Waals surface area contributed by atoms with Crippen molar-refractivity contribution in [3.8, 4) is 11.8 Å². The summed E-state index contributed by atoms with van der Waals surface area (Å²) in [5.74, 6) is -0.0815. The van der Waals surface area contributed by atoms with Crippen LogP contribution in [0.2, 0.25) is 0 Å². The smallest absolute Gasteiger partial charge is 0.165 e. The number of likely N-dealkylation sites (tertiary alicyclic amines) is 1. The Morgan fingerprint density at radius 3 is 2.60 bits per heavy atom. The first-order valence-electron chi connectivity index (χ1n) is 6.85. The summed E-state index contributed by atoms with van der Waals surface area (Å²) in [4.78, 5) is 2.31. The highest BCUT2D eigenvalue weighted by Crippen LogP contribution is 2.37. The second-order valence-corrected chi connectivity index (χ2v) is 6.31. The Morgan fingerprint density at radius 1 is 1.35 bits per heavy atom. The molecular weight excluding hydrogens is 255 g/mol. The van der Waals surface area contributed by atoms with Gasteiger partial charge in [-0.15, -0.1) is 0 Å². The molecule has 2 atom stereocenters. The zero-order valence-electron chi connectivity index (χ0n) is 12.5. The maximum absolute atomic E-state index is 13.5. The molecule has 0 aromatic heterocycles. The molecule has 4 heteroatoms. The number of nitrogens with zero attached hydrogens (tertiary/aromatic N) is 2. The predicted octanol–water partition coefficient (Wildman–Crippen LogP) is 3.17. The molecule has 0 spiro atoms. The minimum absolute atomic E-state index is 0.0357. The third-order valence-electron chi connectivity index (χ3n) is 4.04. The number of hydrogen-bond donors (Lipinski definition) is 0. The monoisotopic (exact) mass is 276 g/mol. The van der Waals surface area contributed by atoms with Crippen LogP contribution in [0, 0.1) is 23.1 Å². The fourth-order valence-electron chi connectivity index (χ4n) is 2.73. The maximum Gasteiger partial charge on any atom is 0.165 e. The van der Waals surface area contributed by atoms with Crippen LogP contribution in [0.3, 0.4) is 0 Å². The number of ether oxygens (including phenoxy) is 1. The Kier molecular flexibility index (Phi) is 4.01. The van der Waals surface area contributed by atoms with Crippen molar-refractivity contribution in [1.82, 2.24) is 4.90 Å². The molecule has 3 nitrogen and oxygen atoms in total. The Morgan fingerprint density at radius 2 is 2.05 bits per heavy atom. The van der Waals surface area contributed by atoms with Crippen molar-refractivity contribution >= 4 is 0 Å². The average Bonchev–Trinajstić information content (AvgIpc) is 2.83. The SMILES string of the molecule is COc1cc([C@@H]2CN(C(C)(C)C)C[C@H]2C#N)ccc1F. The highest BCUT2D eigenvalue weighted by Gasteiger charge is 2.38. The van der Waals surface area contributed by atoms with E-state index in [-0.39, 0.29) is 28.9 Å². The lowest BCUT2D eigenvalue weighted by atomic mass is 9.90. The van der Waals surface area contributed by atoms with E-state index in [1.54, 1.807) is 12.1 Å². The van der Waals surface area contributed by atoms with E-state index in [9.17, 15) is 9.65 Å². The fourth-order valence-corrected chi connectivity index (χ4v) is 2.73. The molecule has 20 heavy (non-hydrogen) atoms. The van der Waals surface area contributed by atoms with Crippen LogP contribution in [0.4, 0.5) is 4.39 Å². The summed E-state index contributed by atoms with van der Waals surface area (Å²) in [7, 11) is 1.46. The molecule has 0 saturated carbocycles. The summed E-state index contributed by atoms with van der Waals surface area (Å²) in [6, 6.07) is 7.29. The van der Waals surface area contributed by atoms with Crippen molar-refractivity contribution in [3.05, 3.63) is 29.6 Å². The molecule has 0 unspecified atom stereocenters. The molecule has 2 rings (SSSR count). The highest BCUT2D eigenvalue weighted by molar-refractivity contribution is 5.34. The lowest BCUT2D eigenvalue weighted by Crippen LogP contribution is -2.39. The Balaban J connectivity index is 2.30. The molecule has 1 saturated heterocycles. The highest BCUT2D eigenvalue weighted by atomic mass is 19.1. The van der Waals surface area contributed by atoms with E-state index < -0.39 is 0 Å². The Bertz CT molecular complexity index is 530. The van der Waals surface area contributed by atoms with Crippen LogP contribution < -0.4 is 4.74 Å². The second kappa shape index (κ2) is 5.41. The van der Waals surface area contributed by atoms with Crippen molar-refractivity contribution in [3.63, 3.8) is 0 Å². The van der Waals surface area contributed by atoms with Crippen molar-refractivity contribution in [2.24, 2.45) is 5.92 Å². The van der Waals surface area contributed by atoms with Crippen LogP contribution in [-0.2, 0) is 0 Å². The molecule has 1 aromatic carbocycles. The van der Waals surface area contributed by atoms with Crippen molar-refractivity contribution in [2.45, 2.75) is 32.2 Å². The van der Waals surface area contributed by atoms with Crippen LogP contribution in [0.25, 0.3) is 0 Å². The number of halogens is 1. The van der Waals surface area contributed by atoms with Crippen LogP contribution in [0.5, 0.6) is 5.75 Å². The zero-order chi connectivity index (χ0) is 14.9. The Hall–Kier alpha value is -1.60. The van der Waals surface area contributed by atoms with Gasteiger partial charge in [0.05, 0.1) is 19.1 Å². The van der Waals surface area contributed by atoms with E-state index >= 15 is 0 Å². The van der Waals surface area contributed by atoms with Crippen molar-refractivity contribution < 1.29 is 9.13 Å². The molecular formula is C16H21FN2O. The van der Waals surface area contributed by atoms with Crippen LogP contribution in [0.1, 0.15) is 32.3 Å². The topological polar surface area (TPSA) is 36.3 Å². The Labute approximate surface area is 120 Å². The van der Waals surface area contributed by atoms with Gasteiger partial charge in [-0.2, -0.15) is 5.26 Å². The zero-order valence-corrected chi connectivity index (χ0v) is 12.5. The van der Waals surface area contributed by atoms with E-state index in [0.717, 1.165) is 18.7 Å². The summed E-state index contributed by atoms with van der Waals surface area (Å²) in [6.45, 7) is 8.01. The summed E-state index contributed by atoms with van der Waals surface area (Å²) >= 11 is 0. The van der Waals surface area contributed by atoms with Gasteiger partial charge in [-0.25, -0.2) is 4.39 Å². The van der Waals surface area contributed by atoms with Gasteiger partial charge in [-0.3, -0.25) is 4.90 Å². The third kappa shape index (κ3) is 2.78. The van der Waals surface area contributed by atoms with Crippen LogP contribution in [0.15, 0.2) is 18.2 Å². The summed E-state index contributed by atoms with van der Waals surface area (Å²) < 4.78 is 18.5. The van der Waals surface area contributed by atoms with Gasteiger partial charge in [0, 0.05) is 24.5 Å². The standard InChI is InChI=1S/C16H21FN2O/c1-16(2,3)19-9-12(8-18)13(10-19)11-5-6-14(17)15(7-11)20-4/h5-7,12-13H,9-10H2,1-4H3/t12-,13+/m1/s1. The quantitative estimate of drug-likeness (QED) is 0.832. The van der Waals surface area contributed by atoms with Gasteiger partial charge in [0.25, 0.3) is 0 Å². The first-order chi connectivity index (χ1) is 9.36. The number of benzene rings is 1. The minimum Gasteiger partial charge on any atom is -0.494 e. The van der Waals surface area contributed by atoms with Crippen LogP contribution >= 0.6 is 0 Å². The van der Waals surface area contributed by atoms with Crippen molar-refractivity contribution in [1.29, 1.82) is 5.26 Å². The molecule has 1 fully saturated rings. The lowest BCUT2D eigenvalue weighted by Gasteiger charge is -2.31. The number of rotatable bonds is 2. The fraction of sp³-hybridized carbons (Fsp3) is 0.562. The summed E-state index contributed by atoms with van der Waals surface area (Å²) in [6.07, 6.45) is 0. The normalized spacial score (nSPS) is 23.6. The summed E-state index contributed by atoms with van der Waals surface area (Å²) in [5.41, 5.74) is 1.01. The molecule has 108 valence electrons. The average molecular weight is 276 g/mol. The van der Waals surface area contributed by atoms with Gasteiger partial charge in [-0.05, 0) is 38.5 Å². The van der Waals surface area contributed by atoms with Gasteiger partial charge >= 0.3 is 0 Å². The largest absolute Gasteiger partial charge is 0.494 e. The maximum atomic E-state index is 13.5. The molecule has 0 amide bonds. The molecule has 1 aromatic rings. The molecule has 1 aliphatic heterocycles. The van der Waals surface area contributed by atoms with Gasteiger partial charge in [0.1, 0.15) is 0 Å².